The fourth-order valence-electron chi connectivity index (χ4n) is 1.09. The molecule has 0 radical (unpaired) electrons. The van der Waals surface area contributed by atoms with Crippen LogP contribution in [0.15, 0.2) is 29.4 Å². The largest absolute Gasteiger partial charge is 0.350 e. The normalized spacial score (nSPS) is 10.4. The first kappa shape index (κ1) is 10.2. The zero-order chi connectivity index (χ0) is 10.4. The molecule has 4 heteroatoms. The Hall–Kier alpha value is -1.84. The second kappa shape index (κ2) is 5.01. The van der Waals surface area contributed by atoms with E-state index in [-0.39, 0.29) is 0 Å². The number of carbonyl (C=O) groups is 1. The lowest BCUT2D eigenvalue weighted by Crippen LogP contribution is -2.24. The zero-order valence-corrected chi connectivity index (χ0v) is 8.03. The lowest BCUT2D eigenvalue weighted by molar-refractivity contribution is 0.249. The second-order valence-electron chi connectivity index (χ2n) is 2.92. The summed E-state index contributed by atoms with van der Waals surface area (Å²) in [6.45, 7) is 2.03. The number of carbonyl (C=O) groups excluding carboxylic acids is 1. The SMILES string of the molecule is Cc1ccccc1C/C=N/NC(N)=O. The Morgan fingerprint density at radius 1 is 1.57 bits per heavy atom. The van der Waals surface area contributed by atoms with E-state index in [0.29, 0.717) is 6.42 Å². The Bertz CT molecular complexity index is 347. The molecule has 0 spiro atoms. The van der Waals surface area contributed by atoms with Gasteiger partial charge in [0.15, 0.2) is 0 Å². The molecule has 1 aromatic carbocycles. The quantitative estimate of drug-likeness (QED) is 0.547. The van der Waals surface area contributed by atoms with Crippen LogP contribution in [0.3, 0.4) is 0 Å². The van der Waals surface area contributed by atoms with Crippen LogP contribution in [0.1, 0.15) is 11.1 Å². The van der Waals surface area contributed by atoms with Crippen LogP contribution < -0.4 is 11.2 Å². The molecule has 3 N–H and O–H groups in total. The Morgan fingerprint density at radius 3 is 2.93 bits per heavy atom. The highest BCUT2D eigenvalue weighted by atomic mass is 16.2. The van der Waals surface area contributed by atoms with Crippen molar-refractivity contribution in [2.24, 2.45) is 10.8 Å². The number of nitrogens with two attached hydrogens (primary N) is 1. The predicted octanol–water partition coefficient (Wildman–Crippen LogP) is 1.19. The number of hydrazone groups is 1. The molecule has 1 rings (SSSR count). The predicted molar refractivity (Wildman–Crippen MR) is 56.1 cm³/mol. The molecule has 0 aliphatic heterocycles. The first-order valence-corrected chi connectivity index (χ1v) is 4.31. The summed E-state index contributed by atoms with van der Waals surface area (Å²) < 4.78 is 0. The molecule has 4 nitrogen and oxygen atoms in total. The first-order valence-electron chi connectivity index (χ1n) is 4.31. The lowest BCUT2D eigenvalue weighted by Gasteiger charge is -2.00. The van der Waals surface area contributed by atoms with Crippen LogP contribution >= 0.6 is 0 Å². The maximum Gasteiger partial charge on any atom is 0.332 e. The van der Waals surface area contributed by atoms with Gasteiger partial charge in [-0.3, -0.25) is 0 Å². The molecule has 0 saturated carbocycles. The number of hydrogen-bond donors (Lipinski definition) is 2. The van der Waals surface area contributed by atoms with Gasteiger partial charge < -0.3 is 5.73 Å². The molecule has 0 unspecified atom stereocenters. The highest BCUT2D eigenvalue weighted by Gasteiger charge is 1.93. The molecule has 0 heterocycles. The topological polar surface area (TPSA) is 67.5 Å². The van der Waals surface area contributed by atoms with Crippen molar-refractivity contribution in [1.29, 1.82) is 0 Å². The number of rotatable bonds is 3. The van der Waals surface area contributed by atoms with Gasteiger partial charge in [-0.05, 0) is 18.1 Å². The van der Waals surface area contributed by atoms with Crippen LogP contribution in [0.5, 0.6) is 0 Å². The van der Waals surface area contributed by atoms with Crippen LogP contribution in [0.25, 0.3) is 0 Å². The summed E-state index contributed by atoms with van der Waals surface area (Å²) >= 11 is 0. The van der Waals surface area contributed by atoms with Crippen LogP contribution in [0.2, 0.25) is 0 Å². The fourth-order valence-corrected chi connectivity index (χ4v) is 1.09. The minimum absolute atomic E-state index is 0.647. The van der Waals surface area contributed by atoms with E-state index in [0.717, 1.165) is 0 Å². The van der Waals surface area contributed by atoms with Gasteiger partial charge >= 0.3 is 6.03 Å². The molecule has 1 aromatic rings. The molecule has 0 saturated heterocycles. The molecular formula is C10H13N3O. The van der Waals surface area contributed by atoms with Gasteiger partial charge in [0.25, 0.3) is 0 Å². The first-order chi connectivity index (χ1) is 6.70. The van der Waals surface area contributed by atoms with Crippen LogP contribution in [0, 0.1) is 6.92 Å². The lowest BCUT2D eigenvalue weighted by atomic mass is 10.1. The number of hydrogen-bond acceptors (Lipinski definition) is 2. The molecule has 0 aliphatic carbocycles. The van der Waals surface area contributed by atoms with Gasteiger partial charge in [0.1, 0.15) is 0 Å². The Balaban J connectivity index is 2.49. The van der Waals surface area contributed by atoms with Gasteiger partial charge in [0.05, 0.1) is 0 Å². The van der Waals surface area contributed by atoms with Crippen molar-refractivity contribution < 1.29 is 4.79 Å². The zero-order valence-electron chi connectivity index (χ0n) is 8.03. The average Bonchev–Trinajstić information content (AvgIpc) is 2.15. The Labute approximate surface area is 82.8 Å². The number of aryl methyl sites for hydroxylation is 1. The van der Waals surface area contributed by atoms with Crippen molar-refractivity contribution in [3.63, 3.8) is 0 Å². The summed E-state index contributed by atoms with van der Waals surface area (Å²) in [6.07, 6.45) is 2.31. The van der Waals surface area contributed by atoms with E-state index in [4.69, 9.17) is 5.73 Å². The molecule has 0 bridgehead atoms. The molecule has 0 aromatic heterocycles. The maximum atomic E-state index is 10.3. The van der Waals surface area contributed by atoms with Crippen LogP contribution in [-0.4, -0.2) is 12.2 Å². The number of nitrogens with zero attached hydrogens (tertiary/aromatic N) is 1. The van der Waals surface area contributed by atoms with E-state index in [2.05, 4.69) is 10.5 Å². The van der Waals surface area contributed by atoms with Crippen molar-refractivity contribution >= 4 is 12.2 Å². The molecule has 14 heavy (non-hydrogen) atoms. The monoisotopic (exact) mass is 191 g/mol. The van der Waals surface area contributed by atoms with Crippen molar-refractivity contribution in [2.75, 3.05) is 0 Å². The summed E-state index contributed by atoms with van der Waals surface area (Å²) in [6, 6.07) is 7.36. The summed E-state index contributed by atoms with van der Waals surface area (Å²) in [7, 11) is 0. The highest BCUT2D eigenvalue weighted by Crippen LogP contribution is 2.05. The Morgan fingerprint density at radius 2 is 2.29 bits per heavy atom. The van der Waals surface area contributed by atoms with Crippen molar-refractivity contribution in [1.82, 2.24) is 5.43 Å². The maximum absolute atomic E-state index is 10.3. The number of benzene rings is 1. The number of primary amides is 1. The van der Waals surface area contributed by atoms with E-state index < -0.39 is 6.03 Å². The molecular weight excluding hydrogens is 178 g/mol. The highest BCUT2D eigenvalue weighted by molar-refractivity contribution is 5.73. The molecule has 0 aliphatic rings. The minimum atomic E-state index is -0.647. The van der Waals surface area contributed by atoms with Gasteiger partial charge in [-0.15, -0.1) is 0 Å². The average molecular weight is 191 g/mol. The number of urea groups is 1. The Kier molecular flexibility index (Phi) is 3.67. The minimum Gasteiger partial charge on any atom is -0.350 e. The van der Waals surface area contributed by atoms with Crippen LogP contribution in [-0.2, 0) is 6.42 Å². The van der Waals surface area contributed by atoms with Crippen molar-refractivity contribution in [3.05, 3.63) is 35.4 Å². The molecule has 0 fully saturated rings. The third kappa shape index (κ3) is 3.26. The van der Waals surface area contributed by atoms with Crippen LogP contribution in [0.4, 0.5) is 4.79 Å². The van der Waals surface area contributed by atoms with E-state index >= 15 is 0 Å². The van der Waals surface area contributed by atoms with E-state index in [9.17, 15) is 4.79 Å². The third-order valence-electron chi connectivity index (χ3n) is 1.84. The summed E-state index contributed by atoms with van der Waals surface area (Å²) in [5.74, 6) is 0. The van der Waals surface area contributed by atoms with E-state index in [1.165, 1.54) is 11.1 Å². The summed E-state index contributed by atoms with van der Waals surface area (Å²) in [5.41, 5.74) is 9.37. The summed E-state index contributed by atoms with van der Waals surface area (Å²) in [5, 5.41) is 3.66. The van der Waals surface area contributed by atoms with Crippen molar-refractivity contribution in [2.45, 2.75) is 13.3 Å². The van der Waals surface area contributed by atoms with Gasteiger partial charge in [-0.1, -0.05) is 24.3 Å². The van der Waals surface area contributed by atoms with Gasteiger partial charge in [0.2, 0.25) is 0 Å². The fraction of sp³-hybridized carbons (Fsp3) is 0.200. The second-order valence-corrected chi connectivity index (χ2v) is 2.92. The number of amides is 2. The van der Waals surface area contributed by atoms with Gasteiger partial charge in [-0.2, -0.15) is 5.10 Å². The third-order valence-corrected chi connectivity index (χ3v) is 1.84. The molecule has 74 valence electrons. The number of nitrogens with one attached hydrogen (secondary N) is 1. The smallest absolute Gasteiger partial charge is 0.332 e. The van der Waals surface area contributed by atoms with E-state index in [1.54, 1.807) is 6.21 Å². The van der Waals surface area contributed by atoms with E-state index in [1.807, 2.05) is 31.2 Å². The molecule has 2 amide bonds. The van der Waals surface area contributed by atoms with Gasteiger partial charge in [-0.25, -0.2) is 10.2 Å². The summed E-state index contributed by atoms with van der Waals surface area (Å²) in [4.78, 5) is 10.3. The van der Waals surface area contributed by atoms with Crippen molar-refractivity contribution in [3.8, 4) is 0 Å². The standard InChI is InChI=1S/C10H13N3O/c1-8-4-2-3-5-9(8)6-7-12-13-10(11)14/h2-5,7H,6H2,1H3,(H3,11,13,14)/b12-7+. The van der Waals surface area contributed by atoms with Gasteiger partial charge in [0, 0.05) is 12.6 Å². The molecule has 0 atom stereocenters.